The fraction of sp³-hybridized carbons (Fsp3) is 0.500. The van der Waals surface area contributed by atoms with Crippen molar-refractivity contribution in [3.8, 4) is 0 Å². The number of likely N-dealkylation sites (tertiary alicyclic amines) is 1. The maximum Gasteiger partial charge on any atom is 0.404 e. The summed E-state index contributed by atoms with van der Waals surface area (Å²) >= 11 is 0. The summed E-state index contributed by atoms with van der Waals surface area (Å²) < 4.78 is 0. The lowest BCUT2D eigenvalue weighted by Crippen LogP contribution is -2.43. The van der Waals surface area contributed by atoms with E-state index in [0.29, 0.717) is 5.69 Å². The van der Waals surface area contributed by atoms with Crippen molar-refractivity contribution in [2.24, 2.45) is 0 Å². The molecule has 98 valence electrons. The molecule has 0 aromatic carbocycles. The van der Waals surface area contributed by atoms with Gasteiger partial charge in [-0.1, -0.05) is 0 Å². The number of piperidine rings is 1. The first-order chi connectivity index (χ1) is 8.65. The van der Waals surface area contributed by atoms with E-state index in [9.17, 15) is 4.79 Å². The van der Waals surface area contributed by atoms with Crippen molar-refractivity contribution in [3.05, 3.63) is 24.0 Å². The molecule has 1 aliphatic rings. The molecule has 2 rings (SSSR count). The molecule has 1 aromatic heterocycles. The molecule has 1 aromatic rings. The number of aromatic nitrogens is 1. The fourth-order valence-corrected chi connectivity index (χ4v) is 2.23. The molecule has 6 nitrogen and oxygen atoms in total. The third kappa shape index (κ3) is 3.33. The van der Waals surface area contributed by atoms with Crippen molar-refractivity contribution in [2.75, 3.05) is 18.8 Å². The molecule has 18 heavy (non-hydrogen) atoms. The molecule has 4 N–H and O–H groups in total. The summed E-state index contributed by atoms with van der Waals surface area (Å²) in [6, 6.07) is 2.00. The maximum atomic E-state index is 10.5. The molecule has 1 saturated heterocycles. The van der Waals surface area contributed by atoms with Crippen LogP contribution in [0.1, 0.15) is 18.4 Å². The van der Waals surface area contributed by atoms with Crippen LogP contribution in [0.4, 0.5) is 10.5 Å². The minimum Gasteiger partial charge on any atom is -0.465 e. The van der Waals surface area contributed by atoms with Gasteiger partial charge in [-0.3, -0.25) is 9.88 Å². The molecule has 0 spiro atoms. The van der Waals surface area contributed by atoms with Crippen LogP contribution in [0.15, 0.2) is 18.5 Å². The molecule has 1 aliphatic heterocycles. The van der Waals surface area contributed by atoms with E-state index in [4.69, 9.17) is 10.8 Å². The monoisotopic (exact) mass is 250 g/mol. The zero-order valence-electron chi connectivity index (χ0n) is 10.2. The van der Waals surface area contributed by atoms with Gasteiger partial charge in [-0.2, -0.15) is 0 Å². The van der Waals surface area contributed by atoms with Gasteiger partial charge in [0.1, 0.15) is 0 Å². The smallest absolute Gasteiger partial charge is 0.404 e. The number of amides is 1. The number of nitrogen functional groups attached to an aromatic ring is 1. The highest BCUT2D eigenvalue weighted by Gasteiger charge is 2.20. The van der Waals surface area contributed by atoms with Gasteiger partial charge in [0.25, 0.3) is 0 Å². The van der Waals surface area contributed by atoms with E-state index in [1.807, 2.05) is 6.07 Å². The lowest BCUT2D eigenvalue weighted by molar-refractivity contribution is 0.165. The van der Waals surface area contributed by atoms with Crippen LogP contribution in [-0.4, -0.2) is 40.2 Å². The van der Waals surface area contributed by atoms with E-state index in [1.54, 1.807) is 12.4 Å². The minimum absolute atomic E-state index is 0.0773. The maximum absolute atomic E-state index is 10.5. The van der Waals surface area contributed by atoms with E-state index >= 15 is 0 Å². The molecule has 0 aliphatic carbocycles. The zero-order chi connectivity index (χ0) is 13.0. The molecule has 1 fully saturated rings. The van der Waals surface area contributed by atoms with Crippen LogP contribution in [0.2, 0.25) is 0 Å². The van der Waals surface area contributed by atoms with Crippen molar-refractivity contribution in [1.82, 2.24) is 15.2 Å². The standard InChI is InChI=1S/C12H18N4O2/c13-11-7-14-4-1-9(11)8-16-5-2-10(3-6-16)15-12(17)18/h1,4,7,10,15H,2-3,5-6,8,13H2,(H,17,18). The lowest BCUT2D eigenvalue weighted by Gasteiger charge is -2.31. The molecule has 1 amide bonds. The van der Waals surface area contributed by atoms with Crippen molar-refractivity contribution < 1.29 is 9.90 Å². The second-order valence-corrected chi connectivity index (χ2v) is 4.57. The molecule has 6 heteroatoms. The summed E-state index contributed by atoms with van der Waals surface area (Å²) in [7, 11) is 0. The molecule has 0 unspecified atom stereocenters. The predicted octanol–water partition coefficient (Wildman–Crippen LogP) is 0.896. The van der Waals surface area contributed by atoms with Crippen LogP contribution in [0, 0.1) is 0 Å². The minimum atomic E-state index is -0.938. The van der Waals surface area contributed by atoms with Gasteiger partial charge in [-0.25, -0.2) is 4.79 Å². The van der Waals surface area contributed by atoms with Crippen LogP contribution >= 0.6 is 0 Å². The molecule has 0 atom stereocenters. The van der Waals surface area contributed by atoms with Crippen LogP contribution in [0.25, 0.3) is 0 Å². The summed E-state index contributed by atoms with van der Waals surface area (Å²) in [5, 5.41) is 11.2. The van der Waals surface area contributed by atoms with Crippen molar-refractivity contribution in [2.45, 2.75) is 25.4 Å². The highest BCUT2D eigenvalue weighted by atomic mass is 16.4. The number of carboxylic acid groups (broad SMARTS) is 1. The van der Waals surface area contributed by atoms with Gasteiger partial charge in [0.15, 0.2) is 0 Å². The van der Waals surface area contributed by atoms with Gasteiger partial charge in [-0.15, -0.1) is 0 Å². The number of anilines is 1. The molecule has 0 saturated carbocycles. The summed E-state index contributed by atoms with van der Waals surface area (Å²) in [5.41, 5.74) is 7.64. The Labute approximate surface area is 106 Å². The average molecular weight is 250 g/mol. The van der Waals surface area contributed by atoms with Gasteiger partial charge in [0.2, 0.25) is 0 Å². The van der Waals surface area contributed by atoms with Crippen molar-refractivity contribution in [1.29, 1.82) is 0 Å². The summed E-state index contributed by atoms with van der Waals surface area (Å²) in [4.78, 5) is 16.8. The number of hydrogen-bond acceptors (Lipinski definition) is 4. The number of nitrogens with one attached hydrogen (secondary N) is 1. The number of rotatable bonds is 3. The summed E-state index contributed by atoms with van der Waals surface area (Å²) in [6.45, 7) is 2.56. The van der Waals surface area contributed by atoms with Crippen molar-refractivity contribution in [3.63, 3.8) is 0 Å². The first-order valence-corrected chi connectivity index (χ1v) is 6.05. The Hall–Kier alpha value is -1.82. The van der Waals surface area contributed by atoms with E-state index in [0.717, 1.165) is 38.0 Å². The third-order valence-electron chi connectivity index (χ3n) is 3.26. The Balaban J connectivity index is 1.84. The normalized spacial score (nSPS) is 17.6. The number of hydrogen-bond donors (Lipinski definition) is 3. The Morgan fingerprint density at radius 3 is 2.89 bits per heavy atom. The van der Waals surface area contributed by atoms with E-state index in [-0.39, 0.29) is 6.04 Å². The van der Waals surface area contributed by atoms with Crippen LogP contribution in [-0.2, 0) is 6.54 Å². The van der Waals surface area contributed by atoms with Gasteiger partial charge in [0, 0.05) is 31.9 Å². The van der Waals surface area contributed by atoms with Gasteiger partial charge in [0.05, 0.1) is 11.9 Å². The van der Waals surface area contributed by atoms with Gasteiger partial charge in [-0.05, 0) is 24.5 Å². The molecular weight excluding hydrogens is 232 g/mol. The quantitative estimate of drug-likeness (QED) is 0.741. The van der Waals surface area contributed by atoms with Crippen LogP contribution in [0.5, 0.6) is 0 Å². The number of nitrogens with two attached hydrogens (primary N) is 1. The van der Waals surface area contributed by atoms with Gasteiger partial charge >= 0.3 is 6.09 Å². The highest BCUT2D eigenvalue weighted by molar-refractivity contribution is 5.64. The van der Waals surface area contributed by atoms with E-state index in [1.165, 1.54) is 0 Å². The first-order valence-electron chi connectivity index (χ1n) is 6.05. The second-order valence-electron chi connectivity index (χ2n) is 4.57. The Bertz CT molecular complexity index is 416. The molecule has 0 bridgehead atoms. The number of nitrogens with zero attached hydrogens (tertiary/aromatic N) is 2. The fourth-order valence-electron chi connectivity index (χ4n) is 2.23. The Morgan fingerprint density at radius 2 is 2.28 bits per heavy atom. The largest absolute Gasteiger partial charge is 0.465 e. The number of pyridine rings is 1. The number of carbonyl (C=O) groups is 1. The van der Waals surface area contributed by atoms with Crippen LogP contribution in [0.3, 0.4) is 0 Å². The summed E-state index contributed by atoms with van der Waals surface area (Å²) in [5.74, 6) is 0. The lowest BCUT2D eigenvalue weighted by atomic mass is 10.0. The molecular formula is C12H18N4O2. The van der Waals surface area contributed by atoms with Gasteiger partial charge < -0.3 is 16.2 Å². The molecule has 0 radical (unpaired) electrons. The van der Waals surface area contributed by atoms with Crippen molar-refractivity contribution >= 4 is 11.8 Å². The Morgan fingerprint density at radius 1 is 1.56 bits per heavy atom. The average Bonchev–Trinajstić information content (AvgIpc) is 2.34. The second kappa shape index (κ2) is 5.68. The highest BCUT2D eigenvalue weighted by Crippen LogP contribution is 2.16. The van der Waals surface area contributed by atoms with E-state index in [2.05, 4.69) is 15.2 Å². The molecule has 2 heterocycles. The van der Waals surface area contributed by atoms with E-state index < -0.39 is 6.09 Å². The zero-order valence-corrected chi connectivity index (χ0v) is 10.2. The third-order valence-corrected chi connectivity index (χ3v) is 3.26. The SMILES string of the molecule is Nc1cnccc1CN1CCC(NC(=O)O)CC1. The Kier molecular flexibility index (Phi) is 3.99. The van der Waals surface area contributed by atoms with Crippen LogP contribution < -0.4 is 11.1 Å². The first kappa shape index (κ1) is 12.6. The predicted molar refractivity (Wildman–Crippen MR) is 68.1 cm³/mol. The summed E-state index contributed by atoms with van der Waals surface area (Å²) in [6.07, 6.45) is 4.15. The topological polar surface area (TPSA) is 91.5 Å².